The summed E-state index contributed by atoms with van der Waals surface area (Å²) in [6.07, 6.45) is 1.38. The molecule has 0 aromatic heterocycles. The molecule has 1 aliphatic rings. The van der Waals surface area contributed by atoms with Crippen LogP contribution < -0.4 is 5.32 Å². The van der Waals surface area contributed by atoms with Crippen LogP contribution in [0.4, 0.5) is 0 Å². The number of hydrogen-bond acceptors (Lipinski definition) is 5. The highest BCUT2D eigenvalue weighted by atomic mass is 16.3. The van der Waals surface area contributed by atoms with Gasteiger partial charge < -0.3 is 10.4 Å². The molecule has 1 aliphatic heterocycles. The summed E-state index contributed by atoms with van der Waals surface area (Å²) in [5, 5.41) is 20.0. The number of amides is 1. The summed E-state index contributed by atoms with van der Waals surface area (Å²) in [4.78, 5) is 15.9. The van der Waals surface area contributed by atoms with Gasteiger partial charge in [0.15, 0.2) is 0 Å². The smallest absolute Gasteiger partial charge is 0.234 e. The zero-order chi connectivity index (χ0) is 13.2. The quantitative estimate of drug-likeness (QED) is 0.595. The van der Waals surface area contributed by atoms with Gasteiger partial charge in [-0.05, 0) is 19.5 Å². The standard InChI is InChI=1S/C12H22N4O2/c13-3-1-4-14-12(18)11-16-6-2-5-15(7-8-16)9-10-17/h17H,1-2,4-11H2,(H,14,18). The minimum absolute atomic E-state index is 0.0131. The summed E-state index contributed by atoms with van der Waals surface area (Å²) in [6.45, 7) is 5.37. The third-order valence-corrected chi connectivity index (χ3v) is 3.02. The van der Waals surface area contributed by atoms with E-state index in [1.54, 1.807) is 0 Å². The Labute approximate surface area is 108 Å². The van der Waals surface area contributed by atoms with Crippen molar-refractivity contribution in [2.45, 2.75) is 12.8 Å². The van der Waals surface area contributed by atoms with Crippen molar-refractivity contribution in [1.29, 1.82) is 5.26 Å². The van der Waals surface area contributed by atoms with E-state index >= 15 is 0 Å². The molecule has 1 amide bonds. The van der Waals surface area contributed by atoms with Gasteiger partial charge in [-0.2, -0.15) is 5.26 Å². The second-order valence-electron chi connectivity index (χ2n) is 4.45. The lowest BCUT2D eigenvalue weighted by atomic mass is 10.3. The number of rotatable bonds is 6. The van der Waals surface area contributed by atoms with Crippen LogP contribution in [-0.4, -0.2) is 73.2 Å². The van der Waals surface area contributed by atoms with E-state index < -0.39 is 0 Å². The van der Waals surface area contributed by atoms with Crippen LogP contribution in [0.3, 0.4) is 0 Å². The van der Waals surface area contributed by atoms with E-state index in [4.69, 9.17) is 10.4 Å². The SMILES string of the molecule is N#CCCNC(=O)CN1CCCN(CCO)CC1. The molecule has 18 heavy (non-hydrogen) atoms. The summed E-state index contributed by atoms with van der Waals surface area (Å²) in [5.74, 6) is -0.0131. The van der Waals surface area contributed by atoms with E-state index in [0.29, 0.717) is 26.1 Å². The lowest BCUT2D eigenvalue weighted by Gasteiger charge is -2.20. The molecule has 6 nitrogen and oxygen atoms in total. The van der Waals surface area contributed by atoms with Crippen molar-refractivity contribution in [3.63, 3.8) is 0 Å². The van der Waals surface area contributed by atoms with Gasteiger partial charge in [-0.25, -0.2) is 0 Å². The molecule has 1 saturated heterocycles. The topological polar surface area (TPSA) is 79.6 Å². The Morgan fingerprint density at radius 1 is 1.28 bits per heavy atom. The molecule has 0 aromatic rings. The molecule has 102 valence electrons. The molecule has 6 heteroatoms. The molecule has 0 aliphatic carbocycles. The van der Waals surface area contributed by atoms with Crippen molar-refractivity contribution >= 4 is 5.91 Å². The average molecular weight is 254 g/mol. The van der Waals surface area contributed by atoms with Crippen LogP contribution in [0.2, 0.25) is 0 Å². The first kappa shape index (κ1) is 14.9. The van der Waals surface area contributed by atoms with Gasteiger partial charge in [-0.3, -0.25) is 14.6 Å². The maximum atomic E-state index is 11.6. The highest BCUT2D eigenvalue weighted by molar-refractivity contribution is 5.77. The Balaban J connectivity index is 2.22. The zero-order valence-corrected chi connectivity index (χ0v) is 10.8. The predicted molar refractivity (Wildman–Crippen MR) is 67.8 cm³/mol. The fourth-order valence-electron chi connectivity index (χ4n) is 2.06. The molecule has 0 unspecified atom stereocenters. The molecule has 1 rings (SSSR count). The van der Waals surface area contributed by atoms with E-state index in [-0.39, 0.29) is 12.5 Å². The highest BCUT2D eigenvalue weighted by Gasteiger charge is 2.16. The minimum atomic E-state index is -0.0131. The Morgan fingerprint density at radius 2 is 2.00 bits per heavy atom. The van der Waals surface area contributed by atoms with Crippen LogP contribution in [0.25, 0.3) is 0 Å². The van der Waals surface area contributed by atoms with Crippen LogP contribution in [0.5, 0.6) is 0 Å². The lowest BCUT2D eigenvalue weighted by molar-refractivity contribution is -0.122. The van der Waals surface area contributed by atoms with Crippen LogP contribution in [0.15, 0.2) is 0 Å². The van der Waals surface area contributed by atoms with Gasteiger partial charge in [-0.1, -0.05) is 0 Å². The van der Waals surface area contributed by atoms with E-state index in [1.807, 2.05) is 6.07 Å². The van der Waals surface area contributed by atoms with Gasteiger partial charge in [0.2, 0.25) is 5.91 Å². The van der Waals surface area contributed by atoms with Gasteiger partial charge >= 0.3 is 0 Å². The number of aliphatic hydroxyl groups is 1. The Kier molecular flexibility index (Phi) is 7.34. The molecule has 1 heterocycles. The normalized spacial score (nSPS) is 18.0. The first-order chi connectivity index (χ1) is 8.76. The molecule has 0 bridgehead atoms. The van der Waals surface area contributed by atoms with Crippen LogP contribution in [0, 0.1) is 11.3 Å². The third-order valence-electron chi connectivity index (χ3n) is 3.02. The summed E-state index contributed by atoms with van der Waals surface area (Å²) >= 11 is 0. The average Bonchev–Trinajstić information content (AvgIpc) is 2.56. The van der Waals surface area contributed by atoms with Crippen molar-refractivity contribution in [3.05, 3.63) is 0 Å². The van der Waals surface area contributed by atoms with Gasteiger partial charge in [0.25, 0.3) is 0 Å². The van der Waals surface area contributed by atoms with Gasteiger partial charge in [-0.15, -0.1) is 0 Å². The van der Waals surface area contributed by atoms with Crippen molar-refractivity contribution in [3.8, 4) is 6.07 Å². The fourth-order valence-corrected chi connectivity index (χ4v) is 2.06. The number of carbonyl (C=O) groups is 1. The number of carbonyl (C=O) groups excluding carboxylic acids is 1. The largest absolute Gasteiger partial charge is 0.395 e. The van der Waals surface area contributed by atoms with Crippen molar-refractivity contribution in [1.82, 2.24) is 15.1 Å². The molecule has 0 saturated carbocycles. The van der Waals surface area contributed by atoms with Crippen LogP contribution in [-0.2, 0) is 4.79 Å². The third kappa shape index (κ3) is 5.96. The van der Waals surface area contributed by atoms with Gasteiger partial charge in [0, 0.05) is 26.2 Å². The summed E-state index contributed by atoms with van der Waals surface area (Å²) in [5.41, 5.74) is 0. The second kappa shape index (κ2) is 8.86. The van der Waals surface area contributed by atoms with Crippen LogP contribution in [0.1, 0.15) is 12.8 Å². The number of β-amino-alcohol motifs (C(OH)–C–C–N with tert-alkyl or cyclic N) is 1. The fraction of sp³-hybridized carbons (Fsp3) is 0.833. The van der Waals surface area contributed by atoms with Gasteiger partial charge in [0.1, 0.15) is 0 Å². The monoisotopic (exact) mass is 254 g/mol. The van der Waals surface area contributed by atoms with E-state index in [1.165, 1.54) is 0 Å². The maximum absolute atomic E-state index is 11.6. The number of hydrogen-bond donors (Lipinski definition) is 2. The predicted octanol–water partition coefficient (Wildman–Crippen LogP) is -0.984. The summed E-state index contributed by atoms with van der Waals surface area (Å²) in [7, 11) is 0. The molecule has 0 spiro atoms. The molecular formula is C12H22N4O2. The molecule has 0 atom stereocenters. The zero-order valence-electron chi connectivity index (χ0n) is 10.8. The number of nitrogens with one attached hydrogen (secondary N) is 1. The second-order valence-corrected chi connectivity index (χ2v) is 4.45. The highest BCUT2D eigenvalue weighted by Crippen LogP contribution is 2.02. The first-order valence-electron chi connectivity index (χ1n) is 6.45. The molecule has 2 N–H and O–H groups in total. The van der Waals surface area contributed by atoms with Crippen molar-refractivity contribution in [2.75, 3.05) is 52.4 Å². The Morgan fingerprint density at radius 3 is 2.72 bits per heavy atom. The summed E-state index contributed by atoms with van der Waals surface area (Å²) in [6, 6.07) is 2.00. The maximum Gasteiger partial charge on any atom is 0.234 e. The van der Waals surface area contributed by atoms with Gasteiger partial charge in [0.05, 0.1) is 25.6 Å². The van der Waals surface area contributed by atoms with E-state index in [0.717, 1.165) is 32.6 Å². The molecule has 0 radical (unpaired) electrons. The van der Waals surface area contributed by atoms with Crippen molar-refractivity contribution in [2.24, 2.45) is 0 Å². The summed E-state index contributed by atoms with van der Waals surface area (Å²) < 4.78 is 0. The first-order valence-corrected chi connectivity index (χ1v) is 6.45. The Hall–Kier alpha value is -1.16. The van der Waals surface area contributed by atoms with E-state index in [9.17, 15) is 4.79 Å². The van der Waals surface area contributed by atoms with Crippen molar-refractivity contribution < 1.29 is 9.90 Å². The Bertz CT molecular complexity index is 290. The van der Waals surface area contributed by atoms with E-state index in [2.05, 4.69) is 15.1 Å². The number of aliphatic hydroxyl groups excluding tert-OH is 1. The lowest BCUT2D eigenvalue weighted by Crippen LogP contribution is -2.39. The number of nitrogens with zero attached hydrogens (tertiary/aromatic N) is 3. The minimum Gasteiger partial charge on any atom is -0.395 e. The van der Waals surface area contributed by atoms with Crippen LogP contribution >= 0.6 is 0 Å². The molecule has 1 fully saturated rings. The number of nitriles is 1. The molecular weight excluding hydrogens is 232 g/mol. The molecule has 0 aromatic carbocycles.